The van der Waals surface area contributed by atoms with Gasteiger partial charge in [0.05, 0.1) is 6.04 Å². The van der Waals surface area contributed by atoms with Gasteiger partial charge in [-0.25, -0.2) is 0 Å². The Balaban J connectivity index is 2.84. The van der Waals surface area contributed by atoms with Crippen LogP contribution >= 0.6 is 0 Å². The molecule has 3 heteroatoms. The summed E-state index contributed by atoms with van der Waals surface area (Å²) in [5.74, 6) is 0. The first-order chi connectivity index (χ1) is 8.10. The smallest absolute Gasteiger partial charge is 0.176 e. The normalized spacial score (nSPS) is 13.1. The molecule has 0 fully saturated rings. The molecule has 0 bridgehead atoms. The van der Waals surface area contributed by atoms with Crippen molar-refractivity contribution in [3.8, 4) is 0 Å². The molecule has 1 atom stereocenters. The Morgan fingerprint density at radius 3 is 2.12 bits per heavy atom. The summed E-state index contributed by atoms with van der Waals surface area (Å²) in [6.45, 7) is 9.26. The van der Waals surface area contributed by atoms with Crippen LogP contribution in [-0.4, -0.2) is 19.5 Å². The van der Waals surface area contributed by atoms with Gasteiger partial charge in [0.25, 0.3) is 0 Å². The predicted molar refractivity (Wildman–Crippen MR) is 69.9 cm³/mol. The van der Waals surface area contributed by atoms with Crippen molar-refractivity contribution >= 4 is 0 Å². The summed E-state index contributed by atoms with van der Waals surface area (Å²) in [6, 6.07) is 5.98. The Hall–Kier alpha value is -0.900. The zero-order chi connectivity index (χ0) is 12.8. The van der Waals surface area contributed by atoms with Gasteiger partial charge < -0.3 is 15.2 Å². The van der Waals surface area contributed by atoms with Crippen molar-refractivity contribution in [1.82, 2.24) is 0 Å². The number of hydrogen-bond donors (Lipinski definition) is 1. The molecule has 0 saturated heterocycles. The molecule has 1 aromatic carbocycles. The van der Waals surface area contributed by atoms with Crippen LogP contribution in [0, 0.1) is 13.8 Å². The number of benzene rings is 1. The highest BCUT2D eigenvalue weighted by atomic mass is 16.7. The van der Waals surface area contributed by atoms with Crippen LogP contribution in [0.2, 0.25) is 0 Å². The van der Waals surface area contributed by atoms with Crippen LogP contribution in [0.15, 0.2) is 18.2 Å². The lowest BCUT2D eigenvalue weighted by molar-refractivity contribution is -0.149. The second kappa shape index (κ2) is 6.74. The Morgan fingerprint density at radius 2 is 1.65 bits per heavy atom. The van der Waals surface area contributed by atoms with Crippen molar-refractivity contribution < 1.29 is 9.47 Å². The van der Waals surface area contributed by atoms with Gasteiger partial charge in [0.1, 0.15) is 0 Å². The molecule has 17 heavy (non-hydrogen) atoms. The summed E-state index contributed by atoms with van der Waals surface area (Å²) in [7, 11) is 0. The summed E-state index contributed by atoms with van der Waals surface area (Å²) in [5.41, 5.74) is 9.75. The minimum absolute atomic E-state index is 0.241. The van der Waals surface area contributed by atoms with E-state index in [9.17, 15) is 0 Å². The lowest BCUT2D eigenvalue weighted by Gasteiger charge is -2.24. The zero-order valence-corrected chi connectivity index (χ0v) is 11.2. The van der Waals surface area contributed by atoms with Crippen molar-refractivity contribution in [2.45, 2.75) is 40.0 Å². The van der Waals surface area contributed by atoms with E-state index in [4.69, 9.17) is 15.2 Å². The summed E-state index contributed by atoms with van der Waals surface area (Å²) in [5, 5.41) is 0. The highest BCUT2D eigenvalue weighted by molar-refractivity contribution is 5.31. The third-order valence-corrected chi connectivity index (χ3v) is 2.87. The van der Waals surface area contributed by atoms with Gasteiger partial charge in [0.2, 0.25) is 0 Å². The monoisotopic (exact) mass is 237 g/mol. The number of nitrogens with two attached hydrogens (primary N) is 1. The molecule has 0 aliphatic carbocycles. The molecule has 0 heterocycles. The molecular formula is C14H23NO2. The van der Waals surface area contributed by atoms with Crippen LogP contribution in [0.4, 0.5) is 0 Å². The van der Waals surface area contributed by atoms with E-state index in [2.05, 4.69) is 26.0 Å². The highest BCUT2D eigenvalue weighted by Gasteiger charge is 2.20. The van der Waals surface area contributed by atoms with E-state index in [0.717, 1.165) is 5.56 Å². The average Bonchev–Trinajstić information content (AvgIpc) is 2.31. The first-order valence-corrected chi connectivity index (χ1v) is 6.16. The van der Waals surface area contributed by atoms with Crippen molar-refractivity contribution in [3.63, 3.8) is 0 Å². The standard InChI is InChI=1S/C14H23NO2/c1-5-16-14(17-6-2)13(15)12-8-7-10(3)11(4)9-12/h7-9,13-14H,5-6,15H2,1-4H3. The van der Waals surface area contributed by atoms with E-state index in [1.54, 1.807) is 0 Å². The molecule has 1 aromatic rings. The number of hydrogen-bond acceptors (Lipinski definition) is 3. The highest BCUT2D eigenvalue weighted by Crippen LogP contribution is 2.20. The van der Waals surface area contributed by atoms with Crippen LogP contribution in [0.3, 0.4) is 0 Å². The summed E-state index contributed by atoms with van der Waals surface area (Å²) >= 11 is 0. The second-order valence-electron chi connectivity index (χ2n) is 4.15. The van der Waals surface area contributed by atoms with Gasteiger partial charge >= 0.3 is 0 Å². The minimum atomic E-state index is -0.368. The quantitative estimate of drug-likeness (QED) is 0.774. The van der Waals surface area contributed by atoms with Gasteiger partial charge in [0, 0.05) is 13.2 Å². The van der Waals surface area contributed by atoms with Gasteiger partial charge in [-0.05, 0) is 44.4 Å². The van der Waals surface area contributed by atoms with Crippen LogP contribution in [0.1, 0.15) is 36.6 Å². The maximum atomic E-state index is 6.18. The van der Waals surface area contributed by atoms with Gasteiger partial charge in [0.15, 0.2) is 6.29 Å². The predicted octanol–water partition coefficient (Wildman–Crippen LogP) is 2.70. The van der Waals surface area contributed by atoms with Crippen molar-refractivity contribution in [1.29, 1.82) is 0 Å². The molecule has 1 rings (SSSR count). The lowest BCUT2D eigenvalue weighted by Crippen LogP contribution is -2.31. The second-order valence-corrected chi connectivity index (χ2v) is 4.15. The fourth-order valence-electron chi connectivity index (χ4n) is 1.71. The van der Waals surface area contributed by atoms with Crippen LogP contribution in [-0.2, 0) is 9.47 Å². The largest absolute Gasteiger partial charge is 0.351 e. The molecule has 0 aliphatic rings. The third kappa shape index (κ3) is 3.80. The molecule has 96 valence electrons. The molecule has 0 spiro atoms. The Kier molecular flexibility index (Phi) is 5.62. The molecule has 0 aromatic heterocycles. The number of aryl methyl sites for hydroxylation is 2. The molecular weight excluding hydrogens is 214 g/mol. The van der Waals surface area contributed by atoms with Gasteiger partial charge in [-0.15, -0.1) is 0 Å². The SMILES string of the molecule is CCOC(OCC)C(N)c1ccc(C)c(C)c1. The molecule has 0 saturated carbocycles. The van der Waals surface area contributed by atoms with E-state index in [1.165, 1.54) is 11.1 Å². The molecule has 2 N–H and O–H groups in total. The van der Waals surface area contributed by atoms with Crippen LogP contribution < -0.4 is 5.73 Å². The fraction of sp³-hybridized carbons (Fsp3) is 0.571. The summed E-state index contributed by atoms with van der Waals surface area (Å²) in [6.07, 6.45) is -0.368. The number of ether oxygens (including phenoxy) is 2. The molecule has 3 nitrogen and oxygen atoms in total. The van der Waals surface area contributed by atoms with E-state index >= 15 is 0 Å². The molecule has 0 radical (unpaired) electrons. The van der Waals surface area contributed by atoms with E-state index in [1.807, 2.05) is 19.9 Å². The minimum Gasteiger partial charge on any atom is -0.351 e. The zero-order valence-electron chi connectivity index (χ0n) is 11.2. The average molecular weight is 237 g/mol. The first kappa shape index (κ1) is 14.2. The maximum Gasteiger partial charge on any atom is 0.176 e. The van der Waals surface area contributed by atoms with Crippen LogP contribution in [0.5, 0.6) is 0 Å². The summed E-state index contributed by atoms with van der Waals surface area (Å²) < 4.78 is 11.0. The Morgan fingerprint density at radius 1 is 1.06 bits per heavy atom. The third-order valence-electron chi connectivity index (χ3n) is 2.87. The Bertz CT molecular complexity index is 346. The van der Waals surface area contributed by atoms with E-state index < -0.39 is 0 Å². The van der Waals surface area contributed by atoms with Gasteiger partial charge in [-0.3, -0.25) is 0 Å². The lowest BCUT2D eigenvalue weighted by atomic mass is 10.0. The van der Waals surface area contributed by atoms with Gasteiger partial charge in [-0.1, -0.05) is 18.2 Å². The molecule has 1 unspecified atom stereocenters. The summed E-state index contributed by atoms with van der Waals surface area (Å²) in [4.78, 5) is 0. The first-order valence-electron chi connectivity index (χ1n) is 6.16. The maximum absolute atomic E-state index is 6.18. The van der Waals surface area contributed by atoms with Crippen molar-refractivity contribution in [2.75, 3.05) is 13.2 Å². The Labute approximate surface area is 104 Å². The molecule has 0 aliphatic heterocycles. The van der Waals surface area contributed by atoms with E-state index in [0.29, 0.717) is 13.2 Å². The topological polar surface area (TPSA) is 44.5 Å². The fourth-order valence-corrected chi connectivity index (χ4v) is 1.71. The number of rotatable bonds is 6. The molecule has 0 amide bonds. The van der Waals surface area contributed by atoms with Crippen molar-refractivity contribution in [2.24, 2.45) is 5.73 Å². The van der Waals surface area contributed by atoms with Crippen LogP contribution in [0.25, 0.3) is 0 Å². The van der Waals surface area contributed by atoms with E-state index in [-0.39, 0.29) is 12.3 Å². The van der Waals surface area contributed by atoms with Gasteiger partial charge in [-0.2, -0.15) is 0 Å². The van der Waals surface area contributed by atoms with Crippen molar-refractivity contribution in [3.05, 3.63) is 34.9 Å².